The van der Waals surface area contributed by atoms with Crippen LogP contribution < -0.4 is 14.8 Å². The first-order valence-corrected chi connectivity index (χ1v) is 5.73. The molecule has 15 heavy (non-hydrogen) atoms. The minimum absolute atomic E-state index is 0.720. The third-order valence-corrected chi connectivity index (χ3v) is 3.28. The molecule has 0 saturated carbocycles. The molecule has 0 aliphatic carbocycles. The van der Waals surface area contributed by atoms with Crippen LogP contribution in [0, 0.1) is 0 Å². The van der Waals surface area contributed by atoms with Gasteiger partial charge >= 0.3 is 0 Å². The zero-order valence-corrected chi connectivity index (χ0v) is 8.95. The Labute approximate surface area is 91.8 Å². The molecule has 2 nitrogen and oxygen atoms in total. The summed E-state index contributed by atoms with van der Waals surface area (Å²) < 4.78 is 1.14. The average Bonchev–Trinajstić information content (AvgIpc) is 2.77. The maximum atomic E-state index is 4.52. The quantitative estimate of drug-likeness (QED) is 0.704. The van der Waals surface area contributed by atoms with Crippen molar-refractivity contribution >= 4 is 23.2 Å². The molecule has 1 aliphatic heterocycles. The smallest absolute Gasteiger partial charge is 0.121 e. The first-order chi connectivity index (χ1) is 7.43. The number of para-hydroxylation sites is 1. The van der Waals surface area contributed by atoms with Crippen molar-refractivity contribution in [3.8, 4) is 0 Å². The second kappa shape index (κ2) is 3.51. The van der Waals surface area contributed by atoms with Gasteiger partial charge in [-0.05, 0) is 23.6 Å². The lowest BCUT2D eigenvalue weighted by Gasteiger charge is -2.19. The molecule has 0 unspecified atom stereocenters. The lowest BCUT2D eigenvalue weighted by atomic mass is 10.3. The summed E-state index contributed by atoms with van der Waals surface area (Å²) in [6.45, 7) is 0.720. The van der Waals surface area contributed by atoms with Crippen LogP contribution in [0.2, 0.25) is 0 Å². The fourth-order valence-electron chi connectivity index (χ4n) is 1.66. The summed E-state index contributed by atoms with van der Waals surface area (Å²) in [4.78, 5) is 6.69. The average molecular weight is 214 g/mol. The van der Waals surface area contributed by atoms with E-state index in [2.05, 4.69) is 39.7 Å². The Kier molecular flexibility index (Phi) is 2.03. The van der Waals surface area contributed by atoms with E-state index >= 15 is 0 Å². The summed E-state index contributed by atoms with van der Waals surface area (Å²) >= 11 is 1.70. The van der Waals surface area contributed by atoms with Crippen molar-refractivity contribution in [1.29, 1.82) is 0 Å². The molecule has 2 heterocycles. The predicted octanol–water partition coefficient (Wildman–Crippen LogP) is 1.58. The van der Waals surface area contributed by atoms with Crippen LogP contribution in [0.25, 0.3) is 6.20 Å². The molecule has 0 N–H and O–H groups in total. The number of anilines is 1. The van der Waals surface area contributed by atoms with E-state index in [1.54, 1.807) is 11.3 Å². The van der Waals surface area contributed by atoms with Gasteiger partial charge in [0, 0.05) is 17.1 Å². The largest absolute Gasteiger partial charge is 0.327 e. The van der Waals surface area contributed by atoms with Crippen LogP contribution in [0.15, 0.2) is 46.8 Å². The van der Waals surface area contributed by atoms with Crippen molar-refractivity contribution in [3.63, 3.8) is 0 Å². The Bertz CT molecular complexity index is 571. The summed E-state index contributed by atoms with van der Waals surface area (Å²) in [6, 6.07) is 12.4. The van der Waals surface area contributed by atoms with E-state index in [9.17, 15) is 0 Å². The molecule has 3 rings (SSSR count). The number of fused-ring (bicyclic) bond motifs is 1. The highest BCUT2D eigenvalue weighted by molar-refractivity contribution is 7.07. The predicted molar refractivity (Wildman–Crippen MR) is 63.4 cm³/mol. The van der Waals surface area contributed by atoms with E-state index in [0.717, 1.165) is 11.3 Å². The van der Waals surface area contributed by atoms with Crippen molar-refractivity contribution in [2.45, 2.75) is 0 Å². The summed E-state index contributed by atoms with van der Waals surface area (Å²) in [7, 11) is 0. The normalized spacial score (nSPS) is 14.0. The molecule has 74 valence electrons. The topological polar surface area (TPSA) is 15.6 Å². The summed E-state index contributed by atoms with van der Waals surface area (Å²) in [5.74, 6) is 0. The lowest BCUT2D eigenvalue weighted by Crippen LogP contribution is -2.32. The van der Waals surface area contributed by atoms with Gasteiger partial charge in [-0.3, -0.25) is 4.99 Å². The Morgan fingerprint density at radius 2 is 2.00 bits per heavy atom. The highest BCUT2D eigenvalue weighted by Gasteiger charge is 2.05. The van der Waals surface area contributed by atoms with E-state index in [1.165, 1.54) is 10.9 Å². The van der Waals surface area contributed by atoms with E-state index in [0.29, 0.717) is 0 Å². The Morgan fingerprint density at radius 1 is 1.13 bits per heavy atom. The molecule has 0 atom stereocenters. The molecule has 0 spiro atoms. The van der Waals surface area contributed by atoms with Gasteiger partial charge < -0.3 is 4.90 Å². The van der Waals surface area contributed by atoms with Crippen LogP contribution in [-0.4, -0.2) is 6.67 Å². The van der Waals surface area contributed by atoms with Gasteiger partial charge in [0.25, 0.3) is 0 Å². The molecule has 0 radical (unpaired) electrons. The highest BCUT2D eigenvalue weighted by atomic mass is 32.1. The monoisotopic (exact) mass is 214 g/mol. The summed E-state index contributed by atoms with van der Waals surface area (Å²) in [6.07, 6.45) is 2.16. The van der Waals surface area contributed by atoms with Crippen LogP contribution in [0.3, 0.4) is 0 Å². The Balaban J connectivity index is 2.06. The van der Waals surface area contributed by atoms with E-state index < -0.39 is 0 Å². The van der Waals surface area contributed by atoms with Crippen LogP contribution in [0.5, 0.6) is 0 Å². The van der Waals surface area contributed by atoms with Crippen molar-refractivity contribution in [3.05, 3.63) is 51.7 Å². The van der Waals surface area contributed by atoms with Crippen LogP contribution >= 0.6 is 11.3 Å². The number of benzene rings is 1. The number of thiophene rings is 1. The third-order valence-electron chi connectivity index (χ3n) is 2.42. The molecule has 1 aliphatic rings. The summed E-state index contributed by atoms with van der Waals surface area (Å²) in [5.41, 5.74) is 1.19. The fourth-order valence-corrected chi connectivity index (χ4v) is 2.40. The fraction of sp³-hybridized carbons (Fsp3) is 0.0833. The minimum atomic E-state index is 0.720. The molecule has 2 aromatic rings. The van der Waals surface area contributed by atoms with Gasteiger partial charge in [0.1, 0.15) is 11.3 Å². The number of hydrogen-bond acceptors (Lipinski definition) is 3. The number of rotatable bonds is 1. The molecule has 3 heteroatoms. The zero-order chi connectivity index (χ0) is 10.1. The summed E-state index contributed by atoms with van der Waals surface area (Å²) in [5, 5.41) is 3.30. The first kappa shape index (κ1) is 8.68. The lowest BCUT2D eigenvalue weighted by molar-refractivity contribution is 0.955. The van der Waals surface area contributed by atoms with Gasteiger partial charge in [-0.25, -0.2) is 0 Å². The first-order valence-electron chi connectivity index (χ1n) is 4.85. The highest BCUT2D eigenvalue weighted by Crippen LogP contribution is 2.13. The second-order valence-electron chi connectivity index (χ2n) is 3.42. The Morgan fingerprint density at radius 3 is 2.87 bits per heavy atom. The maximum absolute atomic E-state index is 4.52. The molecular weight excluding hydrogens is 204 g/mol. The van der Waals surface area contributed by atoms with Crippen molar-refractivity contribution in [1.82, 2.24) is 0 Å². The third kappa shape index (κ3) is 1.55. The molecule has 0 amide bonds. The SMILES string of the molecule is C1=c2ccsc2=NCN1c1ccccc1. The van der Waals surface area contributed by atoms with Gasteiger partial charge in [0.05, 0.1) is 0 Å². The van der Waals surface area contributed by atoms with E-state index in [4.69, 9.17) is 0 Å². The van der Waals surface area contributed by atoms with Crippen LogP contribution in [0.4, 0.5) is 5.69 Å². The molecule has 0 fully saturated rings. The van der Waals surface area contributed by atoms with E-state index in [-0.39, 0.29) is 0 Å². The number of nitrogens with zero attached hydrogens (tertiary/aromatic N) is 2. The maximum Gasteiger partial charge on any atom is 0.121 e. The van der Waals surface area contributed by atoms with Gasteiger partial charge in [-0.2, -0.15) is 0 Å². The molecule has 1 aromatic carbocycles. The standard InChI is InChI=1S/C12H10N2S/c1-2-4-11(5-3-1)14-8-10-6-7-15-12(10)13-9-14/h1-8H,9H2. The van der Waals surface area contributed by atoms with E-state index in [1.807, 2.05) is 18.2 Å². The molecule has 0 bridgehead atoms. The van der Waals surface area contributed by atoms with Gasteiger partial charge in [-0.15, -0.1) is 11.3 Å². The number of hydrogen-bond donors (Lipinski definition) is 0. The van der Waals surface area contributed by atoms with Crippen molar-refractivity contribution in [2.24, 2.45) is 4.99 Å². The van der Waals surface area contributed by atoms with Gasteiger partial charge in [0.15, 0.2) is 0 Å². The molecule has 1 aromatic heterocycles. The second-order valence-corrected chi connectivity index (χ2v) is 4.31. The molecule has 0 saturated heterocycles. The van der Waals surface area contributed by atoms with Crippen LogP contribution in [-0.2, 0) is 0 Å². The zero-order valence-electron chi connectivity index (χ0n) is 8.13. The van der Waals surface area contributed by atoms with Crippen molar-refractivity contribution < 1.29 is 0 Å². The van der Waals surface area contributed by atoms with Gasteiger partial charge in [0.2, 0.25) is 0 Å². The Hall–Kier alpha value is -1.61. The van der Waals surface area contributed by atoms with Crippen molar-refractivity contribution in [2.75, 3.05) is 11.6 Å². The molecular formula is C12H10N2S. The van der Waals surface area contributed by atoms with Gasteiger partial charge in [-0.1, -0.05) is 18.2 Å². The van der Waals surface area contributed by atoms with Crippen LogP contribution in [0.1, 0.15) is 0 Å². The minimum Gasteiger partial charge on any atom is -0.327 e.